The third-order valence-corrected chi connectivity index (χ3v) is 2.35. The van der Waals surface area contributed by atoms with Crippen LogP contribution in [0.2, 0.25) is 0 Å². The lowest BCUT2D eigenvalue weighted by atomic mass is 10.2. The van der Waals surface area contributed by atoms with E-state index in [9.17, 15) is 14.4 Å². The highest BCUT2D eigenvalue weighted by Gasteiger charge is 1.88. The molecule has 0 radical (unpaired) electrons. The van der Waals surface area contributed by atoms with E-state index in [4.69, 9.17) is 15.3 Å². The zero-order valence-electron chi connectivity index (χ0n) is 16.1. The smallest absolute Gasteiger partial charge is 0.303 e. The fraction of sp³-hybridized carbons (Fsp3) is 0.833. The van der Waals surface area contributed by atoms with Crippen molar-refractivity contribution in [2.75, 3.05) is 0 Å². The van der Waals surface area contributed by atoms with Crippen LogP contribution in [0.1, 0.15) is 98.8 Å². The maximum absolute atomic E-state index is 9.60. The normalized spacial score (nSPS) is 8.38. The molecule has 0 rings (SSSR count). The summed E-state index contributed by atoms with van der Waals surface area (Å²) in [5, 5.41) is 23.7. The summed E-state index contributed by atoms with van der Waals surface area (Å²) in [6.07, 6.45) is 8.61. The van der Waals surface area contributed by atoms with Crippen molar-refractivity contribution in [1.82, 2.24) is 0 Å². The summed E-state index contributed by atoms with van der Waals surface area (Å²) in [5.74, 6) is -2.13. The number of rotatable bonds is 9. The van der Waals surface area contributed by atoms with Gasteiger partial charge in [-0.3, -0.25) is 14.4 Å². The monoisotopic (exact) mass is 350 g/mol. The molecule has 0 aromatic carbocycles. The van der Waals surface area contributed by atoms with Gasteiger partial charge in [-0.15, -0.1) is 0 Å². The molecule has 24 heavy (non-hydrogen) atoms. The summed E-state index contributed by atoms with van der Waals surface area (Å²) in [6.45, 7) is 9.99. The SMILES string of the molecule is CCCC(=O)O.CCCC(=O)O.CCCC(=O)O.CCCCCC. The van der Waals surface area contributed by atoms with Crippen molar-refractivity contribution < 1.29 is 29.7 Å². The van der Waals surface area contributed by atoms with Gasteiger partial charge in [-0.25, -0.2) is 0 Å². The van der Waals surface area contributed by atoms with Crippen molar-refractivity contribution in [2.24, 2.45) is 0 Å². The van der Waals surface area contributed by atoms with Gasteiger partial charge in [0.25, 0.3) is 0 Å². The molecule has 0 saturated heterocycles. The van der Waals surface area contributed by atoms with Gasteiger partial charge in [-0.2, -0.15) is 0 Å². The minimum absolute atomic E-state index is 0.292. The van der Waals surface area contributed by atoms with Crippen LogP contribution in [0, 0.1) is 0 Å². The van der Waals surface area contributed by atoms with E-state index in [1.54, 1.807) is 0 Å². The Bertz CT molecular complexity index is 235. The number of aliphatic carboxylic acids is 3. The summed E-state index contributed by atoms with van der Waals surface area (Å²) in [6, 6.07) is 0. The van der Waals surface area contributed by atoms with E-state index in [-0.39, 0.29) is 0 Å². The van der Waals surface area contributed by atoms with E-state index in [1.165, 1.54) is 25.7 Å². The van der Waals surface area contributed by atoms with Crippen molar-refractivity contribution in [1.29, 1.82) is 0 Å². The Morgan fingerprint density at radius 1 is 0.500 bits per heavy atom. The number of carboxylic acids is 3. The van der Waals surface area contributed by atoms with Gasteiger partial charge in [-0.05, 0) is 19.3 Å². The molecule has 0 spiro atoms. The molecule has 6 heteroatoms. The first-order valence-electron chi connectivity index (χ1n) is 8.88. The van der Waals surface area contributed by atoms with E-state index >= 15 is 0 Å². The second kappa shape index (κ2) is 29.4. The number of carboxylic acid groups (broad SMARTS) is 3. The van der Waals surface area contributed by atoms with Crippen molar-refractivity contribution >= 4 is 17.9 Å². The molecular weight excluding hydrogens is 312 g/mol. The average Bonchev–Trinajstić information content (AvgIpc) is 2.46. The number of unbranched alkanes of at least 4 members (excludes halogenated alkanes) is 3. The van der Waals surface area contributed by atoms with Gasteiger partial charge in [0, 0.05) is 19.3 Å². The largest absolute Gasteiger partial charge is 0.481 e. The average molecular weight is 350 g/mol. The molecule has 0 aromatic heterocycles. The van der Waals surface area contributed by atoms with E-state index in [0.29, 0.717) is 19.3 Å². The van der Waals surface area contributed by atoms with E-state index in [0.717, 1.165) is 19.3 Å². The molecule has 0 heterocycles. The van der Waals surface area contributed by atoms with Gasteiger partial charge in [0.1, 0.15) is 0 Å². The fourth-order valence-electron chi connectivity index (χ4n) is 1.14. The second-order valence-electron chi connectivity index (χ2n) is 5.14. The predicted octanol–water partition coefficient (Wildman–Crippen LogP) is 5.20. The lowest BCUT2D eigenvalue weighted by Crippen LogP contribution is -1.90. The number of carbonyl (C=O) groups is 3. The molecule has 146 valence electrons. The molecule has 0 amide bonds. The van der Waals surface area contributed by atoms with E-state index < -0.39 is 17.9 Å². The van der Waals surface area contributed by atoms with E-state index in [1.807, 2.05) is 20.8 Å². The van der Waals surface area contributed by atoms with Crippen molar-refractivity contribution in [3.8, 4) is 0 Å². The Morgan fingerprint density at radius 2 is 0.708 bits per heavy atom. The van der Waals surface area contributed by atoms with Crippen molar-refractivity contribution in [2.45, 2.75) is 98.8 Å². The molecule has 0 aromatic rings. The third-order valence-electron chi connectivity index (χ3n) is 2.35. The minimum atomic E-state index is -0.711. The summed E-state index contributed by atoms with van der Waals surface area (Å²) in [7, 11) is 0. The van der Waals surface area contributed by atoms with Crippen LogP contribution < -0.4 is 0 Å². The first kappa shape index (κ1) is 30.3. The Kier molecular flexibility index (Phi) is 37.2. The Morgan fingerprint density at radius 3 is 0.750 bits per heavy atom. The molecule has 0 saturated carbocycles. The van der Waals surface area contributed by atoms with Crippen LogP contribution in [0.4, 0.5) is 0 Å². The molecular formula is C18H38O6. The molecule has 0 bridgehead atoms. The Hall–Kier alpha value is -1.59. The molecule has 6 nitrogen and oxygen atoms in total. The third kappa shape index (κ3) is 71.0. The van der Waals surface area contributed by atoms with Crippen LogP contribution in [-0.2, 0) is 14.4 Å². The van der Waals surface area contributed by atoms with Crippen LogP contribution >= 0.6 is 0 Å². The maximum atomic E-state index is 9.60. The Labute approximate surface area is 147 Å². The topological polar surface area (TPSA) is 112 Å². The van der Waals surface area contributed by atoms with Crippen LogP contribution in [0.25, 0.3) is 0 Å². The van der Waals surface area contributed by atoms with Crippen LogP contribution in [0.5, 0.6) is 0 Å². The molecule has 3 N–H and O–H groups in total. The fourth-order valence-corrected chi connectivity index (χ4v) is 1.14. The van der Waals surface area contributed by atoms with Gasteiger partial charge in [-0.1, -0.05) is 60.3 Å². The summed E-state index contributed by atoms with van der Waals surface area (Å²) in [4.78, 5) is 28.8. The van der Waals surface area contributed by atoms with Crippen LogP contribution in [0.3, 0.4) is 0 Å². The highest BCUT2D eigenvalue weighted by molar-refractivity contribution is 5.67. The lowest BCUT2D eigenvalue weighted by molar-refractivity contribution is -0.138. The highest BCUT2D eigenvalue weighted by Crippen LogP contribution is 1.95. The molecule has 0 atom stereocenters. The van der Waals surface area contributed by atoms with E-state index in [2.05, 4.69) is 13.8 Å². The second-order valence-corrected chi connectivity index (χ2v) is 5.14. The summed E-state index contributed by atoms with van der Waals surface area (Å²) in [5.41, 5.74) is 0. The van der Waals surface area contributed by atoms with Gasteiger partial charge in [0.15, 0.2) is 0 Å². The molecule has 0 unspecified atom stereocenters. The number of hydrogen-bond acceptors (Lipinski definition) is 3. The molecule has 0 aliphatic heterocycles. The maximum Gasteiger partial charge on any atom is 0.303 e. The van der Waals surface area contributed by atoms with Crippen LogP contribution in [-0.4, -0.2) is 33.2 Å². The molecule has 0 aliphatic rings. The van der Waals surface area contributed by atoms with Crippen molar-refractivity contribution in [3.05, 3.63) is 0 Å². The zero-order valence-corrected chi connectivity index (χ0v) is 16.1. The van der Waals surface area contributed by atoms with Gasteiger partial charge >= 0.3 is 17.9 Å². The van der Waals surface area contributed by atoms with Crippen LogP contribution in [0.15, 0.2) is 0 Å². The standard InChI is InChI=1S/C6H14.3C4H8O2/c1-3-5-6-4-2;3*1-2-3-4(5)6/h3-6H2,1-2H3;3*2-3H2,1H3,(H,5,6). The van der Waals surface area contributed by atoms with Gasteiger partial charge in [0.05, 0.1) is 0 Å². The Balaban J connectivity index is -0.000000111. The highest BCUT2D eigenvalue weighted by atomic mass is 16.4. The quantitative estimate of drug-likeness (QED) is 0.493. The summed E-state index contributed by atoms with van der Waals surface area (Å²) < 4.78 is 0. The molecule has 0 fully saturated rings. The first-order valence-corrected chi connectivity index (χ1v) is 8.88. The summed E-state index contributed by atoms with van der Waals surface area (Å²) >= 11 is 0. The predicted molar refractivity (Wildman–Crippen MR) is 97.4 cm³/mol. The van der Waals surface area contributed by atoms with Crippen molar-refractivity contribution in [3.63, 3.8) is 0 Å². The number of hydrogen-bond donors (Lipinski definition) is 3. The first-order chi connectivity index (χ1) is 11.2. The molecule has 0 aliphatic carbocycles. The van der Waals surface area contributed by atoms with Gasteiger partial charge in [0.2, 0.25) is 0 Å². The zero-order chi connectivity index (χ0) is 19.8. The lowest BCUT2D eigenvalue weighted by Gasteiger charge is -1.86. The van der Waals surface area contributed by atoms with Gasteiger partial charge < -0.3 is 15.3 Å². The minimum Gasteiger partial charge on any atom is -0.481 e.